The smallest absolute Gasteiger partial charge is 0.00943 e. The lowest BCUT2D eigenvalue weighted by Gasteiger charge is -2.02. The Morgan fingerprint density at radius 2 is 1.21 bits per heavy atom. The highest BCUT2D eigenvalue weighted by atomic mass is 14.0. The molecule has 0 aromatic carbocycles. The summed E-state index contributed by atoms with van der Waals surface area (Å²) in [5, 5.41) is 0. The average molecular weight is 182 g/mol. The summed E-state index contributed by atoms with van der Waals surface area (Å²) in [5.74, 6) is 0. The van der Waals surface area contributed by atoms with Crippen LogP contribution in [-0.2, 0) is 0 Å². The van der Waals surface area contributed by atoms with Crippen LogP contribution < -0.4 is 0 Å². The monoisotopic (exact) mass is 182 g/mol. The summed E-state index contributed by atoms with van der Waals surface area (Å²) in [5.41, 5.74) is 2.76. The zero-order chi connectivity index (χ0) is 9.64. The molecular formula is C14H14. The lowest BCUT2D eigenvalue weighted by atomic mass is 10.0. The molecule has 0 saturated heterocycles. The van der Waals surface area contributed by atoms with Crippen LogP contribution in [0.15, 0.2) is 71.9 Å². The molecule has 0 spiro atoms. The molecule has 0 nitrogen and oxygen atoms in total. The fraction of sp³-hybridized carbons (Fsp3) is 0.143. The minimum Gasteiger partial charge on any atom is -0.0801 e. The summed E-state index contributed by atoms with van der Waals surface area (Å²) in [6.07, 6.45) is 23.6. The maximum atomic E-state index is 2.21. The van der Waals surface area contributed by atoms with E-state index in [0.29, 0.717) is 0 Å². The van der Waals surface area contributed by atoms with Crippen LogP contribution in [0, 0.1) is 0 Å². The third kappa shape index (κ3) is 2.46. The van der Waals surface area contributed by atoms with E-state index < -0.39 is 0 Å². The molecule has 0 N–H and O–H groups in total. The van der Waals surface area contributed by atoms with Crippen molar-refractivity contribution in [3.05, 3.63) is 71.9 Å². The van der Waals surface area contributed by atoms with E-state index in [4.69, 9.17) is 0 Å². The Kier molecular flexibility index (Phi) is 2.97. The molecule has 2 aliphatic carbocycles. The van der Waals surface area contributed by atoms with Gasteiger partial charge in [0.2, 0.25) is 0 Å². The largest absolute Gasteiger partial charge is 0.0801 e. The molecule has 2 rings (SSSR count). The molecule has 0 saturated carbocycles. The molecule has 0 unspecified atom stereocenters. The standard InChI is InChI=1S/C14H14/c1-3-7-13(8-4-1)11-12-14-9-5-2-6-10-14/h1-7,9,11-12H,8,10H2/b13-11-,14-12+. The minimum absolute atomic E-state index is 1.06. The Balaban J connectivity index is 2.04. The van der Waals surface area contributed by atoms with Crippen LogP contribution in [0.5, 0.6) is 0 Å². The van der Waals surface area contributed by atoms with E-state index in [1.807, 2.05) is 0 Å². The quantitative estimate of drug-likeness (QED) is 0.577. The lowest BCUT2D eigenvalue weighted by molar-refractivity contribution is 1.24. The highest BCUT2D eigenvalue weighted by Crippen LogP contribution is 2.14. The van der Waals surface area contributed by atoms with Gasteiger partial charge in [-0.15, -0.1) is 0 Å². The maximum Gasteiger partial charge on any atom is -0.00943 e. The van der Waals surface area contributed by atoms with Gasteiger partial charge in [0.1, 0.15) is 0 Å². The molecule has 0 fully saturated rings. The summed E-state index contributed by atoms with van der Waals surface area (Å²) in [6.45, 7) is 0. The lowest BCUT2D eigenvalue weighted by Crippen LogP contribution is -1.82. The highest BCUT2D eigenvalue weighted by Gasteiger charge is 1.94. The molecule has 14 heavy (non-hydrogen) atoms. The van der Waals surface area contributed by atoms with E-state index >= 15 is 0 Å². The molecule has 0 aliphatic heterocycles. The van der Waals surface area contributed by atoms with E-state index in [1.54, 1.807) is 0 Å². The molecule has 2 aliphatic rings. The van der Waals surface area contributed by atoms with Crippen LogP contribution in [0.3, 0.4) is 0 Å². The molecule has 70 valence electrons. The van der Waals surface area contributed by atoms with Crippen molar-refractivity contribution in [3.8, 4) is 0 Å². The first kappa shape index (κ1) is 9.01. The van der Waals surface area contributed by atoms with E-state index in [2.05, 4.69) is 60.8 Å². The Bertz CT molecular complexity index is 333. The van der Waals surface area contributed by atoms with Gasteiger partial charge in [-0.25, -0.2) is 0 Å². The van der Waals surface area contributed by atoms with Gasteiger partial charge >= 0.3 is 0 Å². The molecule has 0 radical (unpaired) electrons. The maximum absolute atomic E-state index is 2.21. The van der Waals surface area contributed by atoms with Crippen LogP contribution >= 0.6 is 0 Å². The second-order valence-corrected chi connectivity index (χ2v) is 3.47. The summed E-state index contributed by atoms with van der Waals surface area (Å²) >= 11 is 0. The highest BCUT2D eigenvalue weighted by molar-refractivity contribution is 5.37. The van der Waals surface area contributed by atoms with Crippen LogP contribution in [0.25, 0.3) is 0 Å². The molecule has 0 aromatic rings. The number of allylic oxidation sites excluding steroid dienone is 12. The van der Waals surface area contributed by atoms with Crippen molar-refractivity contribution >= 4 is 0 Å². The van der Waals surface area contributed by atoms with Crippen LogP contribution in [0.1, 0.15) is 12.8 Å². The summed E-state index contributed by atoms with van der Waals surface area (Å²) < 4.78 is 0. The fourth-order valence-corrected chi connectivity index (χ4v) is 1.52. The summed E-state index contributed by atoms with van der Waals surface area (Å²) in [7, 11) is 0. The Morgan fingerprint density at radius 1 is 0.714 bits per heavy atom. The van der Waals surface area contributed by atoms with Crippen LogP contribution in [0.4, 0.5) is 0 Å². The van der Waals surface area contributed by atoms with Gasteiger partial charge in [0.25, 0.3) is 0 Å². The van der Waals surface area contributed by atoms with Crippen LogP contribution in [0.2, 0.25) is 0 Å². The normalized spacial score (nSPS) is 25.1. The van der Waals surface area contributed by atoms with Gasteiger partial charge in [0.05, 0.1) is 0 Å². The molecule has 0 bridgehead atoms. The van der Waals surface area contributed by atoms with Gasteiger partial charge in [-0.3, -0.25) is 0 Å². The van der Waals surface area contributed by atoms with Gasteiger partial charge in [0.15, 0.2) is 0 Å². The minimum atomic E-state index is 1.06. The predicted octanol–water partition coefficient (Wildman–Crippen LogP) is 3.87. The predicted molar refractivity (Wildman–Crippen MR) is 62.0 cm³/mol. The zero-order valence-corrected chi connectivity index (χ0v) is 8.19. The second-order valence-electron chi connectivity index (χ2n) is 3.47. The molecule has 0 amide bonds. The van der Waals surface area contributed by atoms with Crippen molar-refractivity contribution in [3.63, 3.8) is 0 Å². The molecule has 0 heteroatoms. The van der Waals surface area contributed by atoms with Gasteiger partial charge in [0, 0.05) is 0 Å². The summed E-state index contributed by atoms with van der Waals surface area (Å²) in [4.78, 5) is 0. The fourth-order valence-electron chi connectivity index (χ4n) is 1.52. The first-order chi connectivity index (χ1) is 6.95. The number of rotatable bonds is 1. The van der Waals surface area contributed by atoms with Gasteiger partial charge in [-0.1, -0.05) is 60.8 Å². The molecule has 0 heterocycles. The molecule has 0 atom stereocenters. The Hall–Kier alpha value is -1.56. The van der Waals surface area contributed by atoms with Crippen molar-refractivity contribution in [1.29, 1.82) is 0 Å². The zero-order valence-electron chi connectivity index (χ0n) is 8.19. The van der Waals surface area contributed by atoms with Crippen molar-refractivity contribution in [2.24, 2.45) is 0 Å². The Morgan fingerprint density at radius 3 is 1.57 bits per heavy atom. The SMILES string of the molecule is C1=CC/C(=C/C=C2/C=CC=CC2)C=C1. The third-order valence-corrected chi connectivity index (χ3v) is 2.33. The topological polar surface area (TPSA) is 0 Å². The second kappa shape index (κ2) is 4.61. The number of hydrogen-bond donors (Lipinski definition) is 0. The summed E-state index contributed by atoms with van der Waals surface area (Å²) in [6, 6.07) is 0. The third-order valence-electron chi connectivity index (χ3n) is 2.33. The van der Waals surface area contributed by atoms with Crippen molar-refractivity contribution in [1.82, 2.24) is 0 Å². The van der Waals surface area contributed by atoms with Gasteiger partial charge in [-0.2, -0.15) is 0 Å². The van der Waals surface area contributed by atoms with Crippen molar-refractivity contribution < 1.29 is 0 Å². The first-order valence-electron chi connectivity index (χ1n) is 5.01. The average Bonchev–Trinajstić information content (AvgIpc) is 2.29. The van der Waals surface area contributed by atoms with Crippen molar-refractivity contribution in [2.75, 3.05) is 0 Å². The van der Waals surface area contributed by atoms with Gasteiger partial charge in [-0.05, 0) is 24.0 Å². The van der Waals surface area contributed by atoms with E-state index in [9.17, 15) is 0 Å². The van der Waals surface area contributed by atoms with Gasteiger partial charge < -0.3 is 0 Å². The van der Waals surface area contributed by atoms with E-state index in [0.717, 1.165) is 12.8 Å². The van der Waals surface area contributed by atoms with E-state index in [-0.39, 0.29) is 0 Å². The van der Waals surface area contributed by atoms with Crippen molar-refractivity contribution in [2.45, 2.75) is 12.8 Å². The van der Waals surface area contributed by atoms with E-state index in [1.165, 1.54) is 11.1 Å². The molecule has 0 aromatic heterocycles. The number of hydrogen-bond acceptors (Lipinski definition) is 0. The first-order valence-corrected chi connectivity index (χ1v) is 5.01. The molecular weight excluding hydrogens is 168 g/mol. The van der Waals surface area contributed by atoms with Crippen LogP contribution in [-0.4, -0.2) is 0 Å². The Labute approximate surface area is 85.3 Å².